The quantitative estimate of drug-likeness (QED) is 0.547. The second kappa shape index (κ2) is 7.10. The van der Waals surface area contributed by atoms with Crippen molar-refractivity contribution in [3.8, 4) is 11.1 Å². The SMILES string of the molecule is CCCCCCc1sc(Br)cc1-c1ccccc1. The van der Waals surface area contributed by atoms with Gasteiger partial charge in [0.25, 0.3) is 0 Å². The van der Waals surface area contributed by atoms with Gasteiger partial charge in [0.05, 0.1) is 3.79 Å². The van der Waals surface area contributed by atoms with Gasteiger partial charge in [0.2, 0.25) is 0 Å². The van der Waals surface area contributed by atoms with Crippen LogP contribution in [0.25, 0.3) is 11.1 Å². The van der Waals surface area contributed by atoms with E-state index in [0.29, 0.717) is 0 Å². The number of aryl methyl sites for hydroxylation is 1. The van der Waals surface area contributed by atoms with Gasteiger partial charge in [0.15, 0.2) is 0 Å². The average molecular weight is 323 g/mol. The van der Waals surface area contributed by atoms with Crippen molar-refractivity contribution in [1.82, 2.24) is 0 Å². The van der Waals surface area contributed by atoms with Crippen molar-refractivity contribution in [2.24, 2.45) is 0 Å². The van der Waals surface area contributed by atoms with Crippen LogP contribution in [-0.2, 0) is 6.42 Å². The van der Waals surface area contributed by atoms with E-state index in [1.165, 1.54) is 51.9 Å². The molecule has 0 N–H and O–H groups in total. The maximum atomic E-state index is 3.62. The Kier molecular flexibility index (Phi) is 5.45. The van der Waals surface area contributed by atoms with Crippen molar-refractivity contribution in [3.63, 3.8) is 0 Å². The molecular formula is C16H19BrS. The van der Waals surface area contributed by atoms with Gasteiger partial charge in [-0.15, -0.1) is 11.3 Å². The molecule has 1 aromatic carbocycles. The van der Waals surface area contributed by atoms with E-state index < -0.39 is 0 Å². The van der Waals surface area contributed by atoms with Gasteiger partial charge in [0, 0.05) is 4.88 Å². The summed E-state index contributed by atoms with van der Waals surface area (Å²) in [4.78, 5) is 1.52. The average Bonchev–Trinajstić information content (AvgIpc) is 2.77. The van der Waals surface area contributed by atoms with Crippen LogP contribution in [0.2, 0.25) is 0 Å². The molecule has 96 valence electrons. The maximum absolute atomic E-state index is 3.62. The van der Waals surface area contributed by atoms with Gasteiger partial charge in [-0.2, -0.15) is 0 Å². The van der Waals surface area contributed by atoms with Crippen molar-refractivity contribution < 1.29 is 0 Å². The molecule has 18 heavy (non-hydrogen) atoms. The first-order chi connectivity index (χ1) is 8.81. The van der Waals surface area contributed by atoms with Crippen LogP contribution < -0.4 is 0 Å². The molecule has 0 saturated carbocycles. The second-order valence-electron chi connectivity index (χ2n) is 4.56. The number of hydrogen-bond acceptors (Lipinski definition) is 1. The first-order valence-electron chi connectivity index (χ1n) is 6.65. The second-order valence-corrected chi connectivity index (χ2v) is 7.08. The van der Waals surface area contributed by atoms with E-state index in [-0.39, 0.29) is 0 Å². The molecule has 1 aromatic heterocycles. The first kappa shape index (κ1) is 13.8. The van der Waals surface area contributed by atoms with Crippen molar-refractivity contribution in [1.29, 1.82) is 0 Å². The van der Waals surface area contributed by atoms with E-state index in [1.54, 1.807) is 0 Å². The van der Waals surface area contributed by atoms with Crippen LogP contribution in [0.15, 0.2) is 40.2 Å². The minimum atomic E-state index is 1.21. The summed E-state index contributed by atoms with van der Waals surface area (Å²) in [5.74, 6) is 0. The summed E-state index contributed by atoms with van der Waals surface area (Å²) in [6, 6.07) is 13.0. The predicted molar refractivity (Wildman–Crippen MR) is 85.3 cm³/mol. The number of hydrogen-bond donors (Lipinski definition) is 0. The molecule has 0 bridgehead atoms. The molecule has 0 radical (unpaired) electrons. The Morgan fingerprint density at radius 3 is 2.56 bits per heavy atom. The van der Waals surface area contributed by atoms with Crippen LogP contribution in [0.5, 0.6) is 0 Å². The fraction of sp³-hybridized carbons (Fsp3) is 0.375. The van der Waals surface area contributed by atoms with Gasteiger partial charge in [-0.25, -0.2) is 0 Å². The van der Waals surface area contributed by atoms with Crippen molar-refractivity contribution >= 4 is 27.3 Å². The highest BCUT2D eigenvalue weighted by atomic mass is 79.9. The summed E-state index contributed by atoms with van der Waals surface area (Å²) >= 11 is 5.51. The minimum absolute atomic E-state index is 1.21. The topological polar surface area (TPSA) is 0 Å². The summed E-state index contributed by atoms with van der Waals surface area (Å²) in [5.41, 5.74) is 2.74. The van der Waals surface area contributed by atoms with E-state index in [1.807, 2.05) is 11.3 Å². The van der Waals surface area contributed by atoms with Crippen molar-refractivity contribution in [2.75, 3.05) is 0 Å². The normalized spacial score (nSPS) is 10.8. The first-order valence-corrected chi connectivity index (χ1v) is 8.26. The zero-order chi connectivity index (χ0) is 12.8. The molecule has 0 amide bonds. The molecule has 0 aliphatic rings. The van der Waals surface area contributed by atoms with Crippen LogP contribution in [0.1, 0.15) is 37.5 Å². The fourth-order valence-corrected chi connectivity index (χ4v) is 3.92. The van der Waals surface area contributed by atoms with Crippen molar-refractivity contribution in [2.45, 2.75) is 39.0 Å². The summed E-state index contributed by atoms with van der Waals surface area (Å²) in [6.07, 6.45) is 6.52. The number of halogens is 1. The van der Waals surface area contributed by atoms with Crippen LogP contribution in [-0.4, -0.2) is 0 Å². The Balaban J connectivity index is 2.11. The molecule has 0 aliphatic carbocycles. The maximum Gasteiger partial charge on any atom is 0.0707 e. The number of thiophene rings is 1. The highest BCUT2D eigenvalue weighted by Crippen LogP contribution is 2.35. The van der Waals surface area contributed by atoms with E-state index in [0.717, 1.165) is 0 Å². The van der Waals surface area contributed by atoms with Gasteiger partial charge < -0.3 is 0 Å². The van der Waals surface area contributed by atoms with Crippen LogP contribution in [0.3, 0.4) is 0 Å². The third kappa shape index (κ3) is 3.69. The van der Waals surface area contributed by atoms with Crippen LogP contribution in [0.4, 0.5) is 0 Å². The molecule has 1 heterocycles. The van der Waals surface area contributed by atoms with Crippen molar-refractivity contribution in [3.05, 3.63) is 45.1 Å². The molecule has 0 nitrogen and oxygen atoms in total. The smallest absolute Gasteiger partial charge is 0.0707 e. The number of rotatable bonds is 6. The molecule has 0 spiro atoms. The molecule has 0 atom stereocenters. The van der Waals surface area contributed by atoms with Gasteiger partial charge >= 0.3 is 0 Å². The van der Waals surface area contributed by atoms with E-state index >= 15 is 0 Å². The Bertz CT molecular complexity index is 473. The van der Waals surface area contributed by atoms with E-state index in [9.17, 15) is 0 Å². The number of unbranched alkanes of at least 4 members (excludes halogenated alkanes) is 3. The highest BCUT2D eigenvalue weighted by molar-refractivity contribution is 9.11. The molecule has 2 rings (SSSR count). The summed E-state index contributed by atoms with van der Waals surface area (Å²) in [6.45, 7) is 2.26. The van der Waals surface area contributed by atoms with Crippen LogP contribution in [0, 0.1) is 0 Å². The summed E-state index contributed by atoms with van der Waals surface area (Å²) < 4.78 is 1.24. The lowest BCUT2D eigenvalue weighted by Gasteiger charge is -2.03. The fourth-order valence-electron chi connectivity index (χ4n) is 2.16. The number of benzene rings is 1. The zero-order valence-electron chi connectivity index (χ0n) is 10.8. The van der Waals surface area contributed by atoms with E-state index in [4.69, 9.17) is 0 Å². The standard InChI is InChI=1S/C16H19BrS/c1-2-3-4-8-11-15-14(12-16(17)18-15)13-9-6-5-7-10-13/h5-7,9-10,12H,2-4,8,11H2,1H3. The zero-order valence-corrected chi connectivity index (χ0v) is 13.2. The molecule has 0 saturated heterocycles. The van der Waals surface area contributed by atoms with Gasteiger partial charge in [-0.1, -0.05) is 56.5 Å². The Hall–Kier alpha value is -0.600. The third-order valence-corrected chi connectivity index (χ3v) is 4.82. The Labute approximate surface area is 122 Å². The van der Waals surface area contributed by atoms with Gasteiger partial charge in [-0.05, 0) is 46.0 Å². The van der Waals surface area contributed by atoms with Gasteiger partial charge in [-0.3, -0.25) is 0 Å². The molecule has 0 aliphatic heterocycles. The monoisotopic (exact) mass is 322 g/mol. The van der Waals surface area contributed by atoms with Gasteiger partial charge in [0.1, 0.15) is 0 Å². The summed E-state index contributed by atoms with van der Waals surface area (Å²) in [7, 11) is 0. The lowest BCUT2D eigenvalue weighted by Crippen LogP contribution is -1.85. The predicted octanol–water partition coefficient (Wildman–Crippen LogP) is 6.30. The molecular weight excluding hydrogens is 304 g/mol. The van der Waals surface area contributed by atoms with E-state index in [2.05, 4.69) is 59.3 Å². The lowest BCUT2D eigenvalue weighted by molar-refractivity contribution is 0.670. The molecule has 0 unspecified atom stereocenters. The molecule has 2 heteroatoms. The Morgan fingerprint density at radius 2 is 1.83 bits per heavy atom. The molecule has 2 aromatic rings. The third-order valence-electron chi connectivity index (χ3n) is 3.12. The Morgan fingerprint density at radius 1 is 1.06 bits per heavy atom. The lowest BCUT2D eigenvalue weighted by atomic mass is 10.0. The largest absolute Gasteiger partial charge is 0.133 e. The minimum Gasteiger partial charge on any atom is -0.133 e. The van der Waals surface area contributed by atoms with Crippen LogP contribution >= 0.6 is 27.3 Å². The highest BCUT2D eigenvalue weighted by Gasteiger charge is 2.09. The summed E-state index contributed by atoms with van der Waals surface area (Å²) in [5, 5.41) is 0. The molecule has 0 fully saturated rings.